The van der Waals surface area contributed by atoms with E-state index in [9.17, 15) is 19.7 Å². The summed E-state index contributed by atoms with van der Waals surface area (Å²) in [4.78, 5) is 44.1. The minimum atomic E-state index is -0.448. The zero-order valence-electron chi connectivity index (χ0n) is 18.0. The molecule has 0 N–H and O–H groups in total. The zero-order valence-corrected chi connectivity index (χ0v) is 19.7. The van der Waals surface area contributed by atoms with E-state index in [1.165, 1.54) is 35.2 Å². The summed E-state index contributed by atoms with van der Waals surface area (Å²) >= 11 is 2.48. The number of thioether (sulfide) groups is 1. The van der Waals surface area contributed by atoms with Crippen molar-refractivity contribution in [2.24, 2.45) is 12.0 Å². The van der Waals surface area contributed by atoms with Crippen molar-refractivity contribution in [1.29, 1.82) is 0 Å². The Morgan fingerprint density at radius 3 is 2.52 bits per heavy atom. The first-order valence-electron chi connectivity index (χ1n) is 10.4. The fraction of sp³-hybridized carbons (Fsp3) is 0.318. The number of nitro benzene ring substituents is 1. The minimum Gasteiger partial charge on any atom is -0.368 e. The Hall–Kier alpha value is -3.18. The number of anilines is 1. The number of fused-ring (bicyclic) bond motifs is 1. The number of nitro groups is 1. The Morgan fingerprint density at radius 2 is 1.82 bits per heavy atom. The molecule has 4 rings (SSSR count). The molecule has 172 valence electrons. The number of rotatable bonds is 6. The van der Waals surface area contributed by atoms with Crippen molar-refractivity contribution in [3.63, 3.8) is 0 Å². The van der Waals surface area contributed by atoms with Gasteiger partial charge in [-0.05, 0) is 18.2 Å². The van der Waals surface area contributed by atoms with Gasteiger partial charge in [-0.3, -0.25) is 19.7 Å². The molecular formula is C22H23N5O4S2. The Balaban J connectivity index is 1.29. The first kappa shape index (κ1) is 23.0. The highest BCUT2D eigenvalue weighted by atomic mass is 32.2. The minimum absolute atomic E-state index is 0.000830. The summed E-state index contributed by atoms with van der Waals surface area (Å²) in [5, 5.41) is 11.0. The van der Waals surface area contributed by atoms with Gasteiger partial charge >= 0.3 is 0 Å². The molecule has 3 aromatic rings. The first-order valence-corrected chi connectivity index (χ1v) is 12.4. The van der Waals surface area contributed by atoms with Crippen molar-refractivity contribution in [1.82, 2.24) is 9.47 Å². The van der Waals surface area contributed by atoms with Gasteiger partial charge in [0.25, 0.3) is 11.6 Å². The maximum absolute atomic E-state index is 12.5. The van der Waals surface area contributed by atoms with Gasteiger partial charge in [0.05, 0.1) is 26.6 Å². The summed E-state index contributed by atoms with van der Waals surface area (Å²) in [6.07, 6.45) is 0. The number of aryl methyl sites for hydroxylation is 1. The molecular weight excluding hydrogens is 462 g/mol. The zero-order chi connectivity index (χ0) is 23.4. The molecule has 1 aromatic heterocycles. The number of hydrogen-bond donors (Lipinski definition) is 0. The molecule has 1 aliphatic heterocycles. The van der Waals surface area contributed by atoms with E-state index in [4.69, 9.17) is 0 Å². The third kappa shape index (κ3) is 5.42. The Morgan fingerprint density at radius 1 is 1.09 bits per heavy atom. The molecule has 11 heteroatoms. The molecule has 9 nitrogen and oxygen atoms in total. The van der Waals surface area contributed by atoms with Crippen LogP contribution in [-0.2, 0) is 16.6 Å². The third-order valence-electron chi connectivity index (χ3n) is 5.43. The summed E-state index contributed by atoms with van der Waals surface area (Å²) in [6, 6.07) is 14.7. The van der Waals surface area contributed by atoms with Crippen molar-refractivity contribution in [2.45, 2.75) is 0 Å². The summed E-state index contributed by atoms with van der Waals surface area (Å²) in [5.41, 5.74) is 1.94. The molecule has 2 amide bonds. The molecule has 0 aliphatic carbocycles. The van der Waals surface area contributed by atoms with E-state index in [0.29, 0.717) is 22.6 Å². The van der Waals surface area contributed by atoms with Gasteiger partial charge in [-0.25, -0.2) is 0 Å². The lowest BCUT2D eigenvalue weighted by molar-refractivity contribution is -0.384. The average molecular weight is 486 g/mol. The van der Waals surface area contributed by atoms with Gasteiger partial charge in [0.1, 0.15) is 0 Å². The average Bonchev–Trinajstić information content (AvgIpc) is 3.14. The molecule has 1 aliphatic rings. The fourth-order valence-corrected chi connectivity index (χ4v) is 5.42. The molecule has 0 spiro atoms. The van der Waals surface area contributed by atoms with Crippen LogP contribution in [0.1, 0.15) is 0 Å². The molecule has 2 heterocycles. The normalized spacial score (nSPS) is 14.6. The predicted molar refractivity (Wildman–Crippen MR) is 131 cm³/mol. The number of non-ortho nitro benzene ring substituents is 1. The summed E-state index contributed by atoms with van der Waals surface area (Å²) < 4.78 is 2.43. The third-order valence-corrected chi connectivity index (χ3v) is 7.43. The second kappa shape index (κ2) is 10.2. The number of nitrogens with zero attached hydrogens (tertiary/aromatic N) is 5. The fourth-order valence-electron chi connectivity index (χ4n) is 3.65. The second-order valence-corrected chi connectivity index (χ2v) is 9.55. The number of thiazole rings is 1. The number of hydrogen-bond acceptors (Lipinski definition) is 7. The quantitative estimate of drug-likeness (QED) is 0.393. The van der Waals surface area contributed by atoms with E-state index in [1.54, 1.807) is 17.7 Å². The molecule has 0 atom stereocenters. The highest BCUT2D eigenvalue weighted by molar-refractivity contribution is 8.00. The number of benzene rings is 2. The van der Waals surface area contributed by atoms with Gasteiger partial charge in [-0.1, -0.05) is 29.5 Å². The molecule has 0 saturated carbocycles. The number of para-hydroxylation sites is 1. The highest BCUT2D eigenvalue weighted by Gasteiger charge is 2.21. The Kier molecular flexibility index (Phi) is 7.09. The second-order valence-electron chi connectivity index (χ2n) is 7.55. The van der Waals surface area contributed by atoms with Crippen molar-refractivity contribution in [3.8, 4) is 0 Å². The monoisotopic (exact) mass is 485 g/mol. The van der Waals surface area contributed by atoms with Gasteiger partial charge in [-0.2, -0.15) is 4.99 Å². The van der Waals surface area contributed by atoms with Crippen LogP contribution in [0.5, 0.6) is 0 Å². The van der Waals surface area contributed by atoms with Crippen LogP contribution in [0, 0.1) is 10.1 Å². The summed E-state index contributed by atoms with van der Waals surface area (Å²) in [5.74, 6) is 0.0279. The number of carbonyl (C=O) groups excluding carboxylic acids is 2. The van der Waals surface area contributed by atoms with E-state index < -0.39 is 4.92 Å². The van der Waals surface area contributed by atoms with Crippen LogP contribution in [0.2, 0.25) is 0 Å². The van der Waals surface area contributed by atoms with Crippen LogP contribution < -0.4 is 9.70 Å². The van der Waals surface area contributed by atoms with Crippen molar-refractivity contribution < 1.29 is 14.5 Å². The Labute approximate surface area is 198 Å². The van der Waals surface area contributed by atoms with Gasteiger partial charge in [-0.15, -0.1) is 11.8 Å². The number of aromatic nitrogens is 1. The number of piperazine rings is 1. The van der Waals surface area contributed by atoms with Gasteiger partial charge in [0.2, 0.25) is 5.91 Å². The summed E-state index contributed by atoms with van der Waals surface area (Å²) in [7, 11) is 1.77. The van der Waals surface area contributed by atoms with E-state index in [1.807, 2.05) is 23.1 Å². The largest absolute Gasteiger partial charge is 0.368 e. The molecule has 1 fully saturated rings. The predicted octanol–water partition coefficient (Wildman–Crippen LogP) is 2.66. The first-order chi connectivity index (χ1) is 15.9. The van der Waals surface area contributed by atoms with Crippen LogP contribution in [0.25, 0.3) is 10.2 Å². The lowest BCUT2D eigenvalue weighted by atomic mass is 10.2. The molecule has 0 unspecified atom stereocenters. The molecule has 0 radical (unpaired) electrons. The molecule has 0 bridgehead atoms. The van der Waals surface area contributed by atoms with Crippen LogP contribution in [-0.4, -0.2) is 63.9 Å². The lowest BCUT2D eigenvalue weighted by Gasteiger charge is -2.36. The maximum atomic E-state index is 12.5. The molecule has 2 aromatic carbocycles. The van der Waals surface area contributed by atoms with Gasteiger partial charge in [0, 0.05) is 51.0 Å². The topological polar surface area (TPSA) is 101 Å². The maximum Gasteiger partial charge on any atom is 0.270 e. The smallest absolute Gasteiger partial charge is 0.270 e. The SMILES string of the molecule is Cn1c(=NC(=O)CSCC(=O)N2CCN(c3ccccc3)CC2)sc2cc([N+](=O)[O-])ccc21. The van der Waals surface area contributed by atoms with Crippen molar-refractivity contribution in [2.75, 3.05) is 42.6 Å². The molecule has 1 saturated heterocycles. The summed E-state index contributed by atoms with van der Waals surface area (Å²) in [6.45, 7) is 2.90. The van der Waals surface area contributed by atoms with Gasteiger partial charge < -0.3 is 14.4 Å². The number of amides is 2. The Bertz CT molecular complexity index is 1250. The van der Waals surface area contributed by atoms with E-state index in [2.05, 4.69) is 22.0 Å². The van der Waals surface area contributed by atoms with Crippen molar-refractivity contribution >= 4 is 56.5 Å². The highest BCUT2D eigenvalue weighted by Crippen LogP contribution is 2.22. The van der Waals surface area contributed by atoms with Crippen LogP contribution in [0.4, 0.5) is 11.4 Å². The standard InChI is InChI=1S/C22H23N5O4S2/c1-24-18-8-7-17(27(30)31)13-19(18)33-22(24)23-20(28)14-32-15-21(29)26-11-9-25(10-12-26)16-5-3-2-4-6-16/h2-8,13H,9-12,14-15H2,1H3. The van der Waals surface area contributed by atoms with Crippen LogP contribution in [0.15, 0.2) is 53.5 Å². The van der Waals surface area contributed by atoms with Crippen LogP contribution in [0.3, 0.4) is 0 Å². The van der Waals surface area contributed by atoms with Crippen LogP contribution >= 0.6 is 23.1 Å². The van der Waals surface area contributed by atoms with Gasteiger partial charge in [0.15, 0.2) is 4.80 Å². The molecule has 33 heavy (non-hydrogen) atoms. The van der Waals surface area contributed by atoms with E-state index in [-0.39, 0.29) is 29.0 Å². The van der Waals surface area contributed by atoms with E-state index in [0.717, 1.165) is 24.3 Å². The number of carbonyl (C=O) groups is 2. The van der Waals surface area contributed by atoms with Crippen molar-refractivity contribution in [3.05, 3.63) is 63.4 Å². The van der Waals surface area contributed by atoms with E-state index >= 15 is 0 Å². The lowest BCUT2D eigenvalue weighted by Crippen LogP contribution is -2.49.